The van der Waals surface area contributed by atoms with Gasteiger partial charge in [-0.05, 0) is 19.8 Å². The predicted octanol–water partition coefficient (Wildman–Crippen LogP) is 2.03. The minimum absolute atomic E-state index is 0.173. The van der Waals surface area contributed by atoms with Crippen LogP contribution in [0.25, 0.3) is 0 Å². The molecule has 0 bridgehead atoms. The number of nitrogens with zero attached hydrogens (tertiary/aromatic N) is 2. The van der Waals surface area contributed by atoms with Crippen molar-refractivity contribution in [1.82, 2.24) is 15.1 Å². The van der Waals surface area contributed by atoms with Crippen LogP contribution in [0.4, 0.5) is 0 Å². The summed E-state index contributed by atoms with van der Waals surface area (Å²) in [5.41, 5.74) is 1.60. The Balaban J connectivity index is 1.86. The van der Waals surface area contributed by atoms with E-state index in [1.807, 2.05) is 14.0 Å². The molecule has 1 aromatic rings. The van der Waals surface area contributed by atoms with Crippen molar-refractivity contribution in [2.45, 2.75) is 45.1 Å². The lowest BCUT2D eigenvalue weighted by Crippen LogP contribution is -2.32. The van der Waals surface area contributed by atoms with E-state index in [0.29, 0.717) is 24.0 Å². The Morgan fingerprint density at radius 3 is 2.72 bits per heavy atom. The minimum atomic E-state index is 0.173. The van der Waals surface area contributed by atoms with Crippen molar-refractivity contribution in [3.63, 3.8) is 0 Å². The van der Waals surface area contributed by atoms with Crippen LogP contribution in [0.2, 0.25) is 5.02 Å². The van der Waals surface area contributed by atoms with E-state index < -0.39 is 0 Å². The molecule has 5 heteroatoms. The van der Waals surface area contributed by atoms with Crippen LogP contribution in [-0.2, 0) is 18.3 Å². The number of carbonyl (C=O) groups excluding carboxylic acids is 1. The average Bonchev–Trinajstić information content (AvgIpc) is 2.92. The normalized spacial score (nSPS) is 16.4. The van der Waals surface area contributed by atoms with Crippen LogP contribution in [-0.4, -0.2) is 28.2 Å². The van der Waals surface area contributed by atoms with Gasteiger partial charge < -0.3 is 5.32 Å². The molecule has 1 aliphatic rings. The number of aryl methyl sites for hydroxylation is 2. The summed E-state index contributed by atoms with van der Waals surface area (Å²) in [6.07, 6.45) is 5.30. The van der Waals surface area contributed by atoms with E-state index >= 15 is 0 Å². The molecule has 4 nitrogen and oxygen atoms in total. The summed E-state index contributed by atoms with van der Waals surface area (Å²) >= 11 is 6.13. The lowest BCUT2D eigenvalue weighted by atomic mass is 10.2. The van der Waals surface area contributed by atoms with E-state index in [2.05, 4.69) is 10.4 Å². The fourth-order valence-corrected chi connectivity index (χ4v) is 2.74. The zero-order valence-corrected chi connectivity index (χ0v) is 11.8. The highest BCUT2D eigenvalue weighted by molar-refractivity contribution is 6.32. The first-order valence-corrected chi connectivity index (χ1v) is 6.88. The number of aromatic nitrogens is 2. The summed E-state index contributed by atoms with van der Waals surface area (Å²) in [7, 11) is 1.83. The predicted molar refractivity (Wildman–Crippen MR) is 71.9 cm³/mol. The molecule has 1 aromatic heterocycles. The summed E-state index contributed by atoms with van der Waals surface area (Å²) in [6, 6.07) is 0.526. The lowest BCUT2D eigenvalue weighted by molar-refractivity contribution is -0.117. The van der Waals surface area contributed by atoms with Crippen molar-refractivity contribution in [3.8, 4) is 0 Å². The largest absolute Gasteiger partial charge is 0.307 e. The monoisotopic (exact) mass is 269 g/mol. The van der Waals surface area contributed by atoms with Gasteiger partial charge in [0, 0.05) is 13.1 Å². The van der Waals surface area contributed by atoms with Crippen LogP contribution in [0.1, 0.15) is 37.1 Å². The number of carbonyl (C=O) groups is 1. The molecular formula is C13H20ClN3O. The van der Waals surface area contributed by atoms with Gasteiger partial charge in [-0.3, -0.25) is 9.48 Å². The molecule has 1 heterocycles. The van der Waals surface area contributed by atoms with Gasteiger partial charge in [0.2, 0.25) is 0 Å². The minimum Gasteiger partial charge on any atom is -0.307 e. The number of rotatable bonds is 5. The zero-order chi connectivity index (χ0) is 13.1. The Morgan fingerprint density at radius 1 is 1.50 bits per heavy atom. The SMILES string of the molecule is Cc1nn(C)c(CC(=O)CNC2CCCC2)c1Cl. The van der Waals surface area contributed by atoms with Crippen molar-refractivity contribution in [3.05, 3.63) is 16.4 Å². The summed E-state index contributed by atoms with van der Waals surface area (Å²) in [6.45, 7) is 2.29. The van der Waals surface area contributed by atoms with Gasteiger partial charge in [0.05, 0.1) is 29.4 Å². The fourth-order valence-electron chi connectivity index (χ4n) is 2.51. The molecule has 0 radical (unpaired) electrons. The van der Waals surface area contributed by atoms with E-state index in [0.717, 1.165) is 11.4 Å². The first kappa shape index (κ1) is 13.6. The lowest BCUT2D eigenvalue weighted by Gasteiger charge is -2.10. The Bertz CT molecular complexity index is 436. The third-order valence-corrected chi connectivity index (χ3v) is 4.06. The maximum Gasteiger partial charge on any atom is 0.152 e. The van der Waals surface area contributed by atoms with Crippen LogP contribution >= 0.6 is 11.6 Å². The van der Waals surface area contributed by atoms with Crippen LogP contribution in [0.5, 0.6) is 0 Å². The molecule has 1 aliphatic carbocycles. The zero-order valence-electron chi connectivity index (χ0n) is 11.0. The highest BCUT2D eigenvalue weighted by Crippen LogP contribution is 2.20. The number of nitrogens with one attached hydrogen (secondary N) is 1. The van der Waals surface area contributed by atoms with Crippen molar-refractivity contribution in [2.24, 2.45) is 7.05 Å². The summed E-state index contributed by atoms with van der Waals surface area (Å²) in [4.78, 5) is 11.9. The Morgan fingerprint density at radius 2 is 2.17 bits per heavy atom. The number of Topliss-reactive ketones (excluding diaryl/α,β-unsaturated/α-hetero) is 1. The topological polar surface area (TPSA) is 46.9 Å². The number of ketones is 1. The first-order valence-electron chi connectivity index (χ1n) is 6.51. The van der Waals surface area contributed by atoms with Gasteiger partial charge in [-0.2, -0.15) is 5.10 Å². The van der Waals surface area contributed by atoms with Crippen LogP contribution in [0.3, 0.4) is 0 Å². The van der Waals surface area contributed by atoms with Gasteiger partial charge in [-0.25, -0.2) is 0 Å². The van der Waals surface area contributed by atoms with Crippen molar-refractivity contribution in [2.75, 3.05) is 6.54 Å². The molecule has 0 atom stereocenters. The number of hydrogen-bond acceptors (Lipinski definition) is 3. The molecule has 1 N–H and O–H groups in total. The third kappa shape index (κ3) is 3.12. The van der Waals surface area contributed by atoms with Gasteiger partial charge >= 0.3 is 0 Å². The molecule has 0 spiro atoms. The highest BCUT2D eigenvalue weighted by Gasteiger charge is 2.18. The molecule has 18 heavy (non-hydrogen) atoms. The molecule has 0 amide bonds. The third-order valence-electron chi connectivity index (χ3n) is 3.57. The van der Waals surface area contributed by atoms with Crippen molar-refractivity contribution < 1.29 is 4.79 Å². The van der Waals surface area contributed by atoms with Gasteiger partial charge in [0.1, 0.15) is 0 Å². The highest BCUT2D eigenvalue weighted by atomic mass is 35.5. The summed E-state index contributed by atoms with van der Waals surface area (Å²) in [5, 5.41) is 8.16. The molecule has 0 aromatic carbocycles. The number of halogens is 1. The molecular weight excluding hydrogens is 250 g/mol. The molecule has 2 rings (SSSR count). The van der Waals surface area contributed by atoms with E-state index in [-0.39, 0.29) is 5.78 Å². The molecule has 0 aliphatic heterocycles. The van der Waals surface area contributed by atoms with Gasteiger partial charge in [0.15, 0.2) is 5.78 Å². The smallest absolute Gasteiger partial charge is 0.152 e. The van der Waals surface area contributed by atoms with Crippen molar-refractivity contribution in [1.29, 1.82) is 0 Å². The van der Waals surface area contributed by atoms with Crippen LogP contribution < -0.4 is 5.32 Å². The molecule has 100 valence electrons. The van der Waals surface area contributed by atoms with Gasteiger partial charge in [-0.1, -0.05) is 24.4 Å². The van der Waals surface area contributed by atoms with Gasteiger partial charge in [-0.15, -0.1) is 0 Å². The Labute approximate surface area is 113 Å². The average molecular weight is 270 g/mol. The second-order valence-electron chi connectivity index (χ2n) is 5.05. The number of hydrogen-bond donors (Lipinski definition) is 1. The quantitative estimate of drug-likeness (QED) is 0.890. The van der Waals surface area contributed by atoms with Crippen LogP contribution in [0.15, 0.2) is 0 Å². The standard InChI is InChI=1S/C13H20ClN3O/c1-9-13(14)12(17(2)16-9)7-11(18)8-15-10-5-3-4-6-10/h10,15H,3-8H2,1-2H3. The van der Waals surface area contributed by atoms with E-state index in [1.165, 1.54) is 25.7 Å². The van der Waals surface area contributed by atoms with E-state index in [4.69, 9.17) is 11.6 Å². The van der Waals surface area contributed by atoms with E-state index in [1.54, 1.807) is 4.68 Å². The summed E-state index contributed by atoms with van der Waals surface area (Å²) in [5.74, 6) is 0.173. The van der Waals surface area contributed by atoms with Crippen LogP contribution in [0, 0.1) is 6.92 Å². The molecule has 0 saturated heterocycles. The summed E-state index contributed by atoms with van der Waals surface area (Å²) < 4.78 is 1.70. The Kier molecular flexibility index (Phi) is 4.40. The molecule has 1 saturated carbocycles. The van der Waals surface area contributed by atoms with Crippen molar-refractivity contribution >= 4 is 17.4 Å². The maximum absolute atomic E-state index is 11.9. The first-order chi connectivity index (χ1) is 8.58. The van der Waals surface area contributed by atoms with E-state index in [9.17, 15) is 4.79 Å². The maximum atomic E-state index is 11.9. The second kappa shape index (κ2) is 5.85. The Hall–Kier alpha value is -0.870. The molecule has 1 fully saturated rings. The second-order valence-corrected chi connectivity index (χ2v) is 5.43. The van der Waals surface area contributed by atoms with Gasteiger partial charge in [0.25, 0.3) is 0 Å². The molecule has 0 unspecified atom stereocenters. The fraction of sp³-hybridized carbons (Fsp3) is 0.692.